The molecule has 1 N–H and O–H groups in total. The Bertz CT molecular complexity index is 913. The van der Waals surface area contributed by atoms with Gasteiger partial charge in [0.15, 0.2) is 5.82 Å². The summed E-state index contributed by atoms with van der Waals surface area (Å²) in [7, 11) is 0. The first kappa shape index (κ1) is 19.3. The summed E-state index contributed by atoms with van der Waals surface area (Å²) in [6.45, 7) is -0.494. The van der Waals surface area contributed by atoms with E-state index in [4.69, 9.17) is 0 Å². The third kappa shape index (κ3) is 4.27. The number of rotatable bonds is 5. The lowest BCUT2D eigenvalue weighted by atomic mass is 10.0. The van der Waals surface area contributed by atoms with Gasteiger partial charge in [-0.25, -0.2) is 28.1 Å². The zero-order chi connectivity index (χ0) is 19.6. The Balaban J connectivity index is 1.86. The van der Waals surface area contributed by atoms with Gasteiger partial charge in [-0.2, -0.15) is 5.10 Å². The van der Waals surface area contributed by atoms with E-state index in [1.54, 1.807) is 6.07 Å². The van der Waals surface area contributed by atoms with E-state index in [9.17, 15) is 22.2 Å². The van der Waals surface area contributed by atoms with Crippen LogP contribution in [0.3, 0.4) is 0 Å². The number of anilines is 1. The molecule has 7 nitrogen and oxygen atoms in total. The van der Waals surface area contributed by atoms with Gasteiger partial charge in [0.05, 0.1) is 18.0 Å². The van der Waals surface area contributed by atoms with E-state index in [1.807, 2.05) is 0 Å². The molecule has 3 rings (SSSR count). The highest BCUT2D eigenvalue weighted by atomic mass is 79.9. The van der Waals surface area contributed by atoms with Gasteiger partial charge in [-0.05, 0) is 18.2 Å². The van der Waals surface area contributed by atoms with Crippen molar-refractivity contribution in [2.24, 2.45) is 5.10 Å². The second kappa shape index (κ2) is 8.05. The van der Waals surface area contributed by atoms with Crippen LogP contribution < -0.4 is 5.32 Å². The first-order chi connectivity index (χ1) is 12.9. The van der Waals surface area contributed by atoms with Crippen molar-refractivity contribution >= 4 is 45.2 Å². The maximum atomic E-state index is 13.4. The Morgan fingerprint density at radius 3 is 2.67 bits per heavy atom. The monoisotopic (exact) mass is 460 g/mol. The van der Waals surface area contributed by atoms with Gasteiger partial charge in [0, 0.05) is 14.2 Å². The number of aromatic nitrogens is 2. The highest BCUT2D eigenvalue weighted by Crippen LogP contribution is 2.33. The van der Waals surface area contributed by atoms with Crippen LogP contribution in [0.1, 0.15) is 16.5 Å². The summed E-state index contributed by atoms with van der Waals surface area (Å²) in [6, 6.07) is 4.59. The fourth-order valence-corrected chi connectivity index (χ4v) is 3.33. The molecule has 1 aromatic heterocycles. The number of hydrogen-bond acceptors (Lipinski definition) is 6. The maximum absolute atomic E-state index is 13.4. The minimum absolute atomic E-state index is 0.114. The summed E-state index contributed by atoms with van der Waals surface area (Å²) in [5.41, 5.74) is -0.0667. The predicted molar refractivity (Wildman–Crippen MR) is 94.8 cm³/mol. The van der Waals surface area contributed by atoms with Crippen LogP contribution in [-0.2, 0) is 20.7 Å². The molecule has 2 aromatic rings. The number of hydrogen-bond donors (Lipinski definition) is 1. The molecule has 0 saturated carbocycles. The van der Waals surface area contributed by atoms with E-state index in [0.717, 1.165) is 17.4 Å². The molecule has 0 spiro atoms. The molecule has 0 fully saturated rings. The zero-order valence-corrected chi connectivity index (χ0v) is 15.7. The number of halogens is 4. The molecule has 1 aliphatic heterocycles. The number of benzene rings is 1. The minimum Gasteiger partial charge on any atom is -0.293 e. The predicted octanol–water partition coefficient (Wildman–Crippen LogP) is 2.73. The average Bonchev–Trinajstić information content (AvgIpc) is 2.62. The number of nitrogens with one attached hydrogen (secondary N) is 1. The van der Waals surface area contributed by atoms with Crippen molar-refractivity contribution in [1.82, 2.24) is 15.0 Å². The van der Waals surface area contributed by atoms with Crippen LogP contribution in [0, 0.1) is 5.82 Å². The highest BCUT2D eigenvalue weighted by molar-refractivity contribution is 9.10. The number of alkyl halides is 2. The number of amides is 1. The first-order valence-electron chi connectivity index (χ1n) is 7.38. The van der Waals surface area contributed by atoms with Crippen LogP contribution >= 0.6 is 15.9 Å². The maximum Gasteiger partial charge on any atom is 0.492 e. The fraction of sp³-hybridized carbons (Fsp3) is 0.200. The van der Waals surface area contributed by atoms with Crippen molar-refractivity contribution in [3.8, 4) is 0 Å². The minimum atomic E-state index is -2.90. The lowest BCUT2D eigenvalue weighted by Gasteiger charge is -2.26. The van der Waals surface area contributed by atoms with E-state index in [-0.39, 0.29) is 23.2 Å². The van der Waals surface area contributed by atoms with E-state index < -0.39 is 35.8 Å². The number of hydrazone groups is 1. The topological polar surface area (TPSA) is 87.5 Å². The smallest absolute Gasteiger partial charge is 0.293 e. The summed E-state index contributed by atoms with van der Waals surface area (Å²) in [6.07, 6.45) is -1.18. The van der Waals surface area contributed by atoms with Gasteiger partial charge >= 0.3 is 17.0 Å². The van der Waals surface area contributed by atoms with Gasteiger partial charge in [-0.1, -0.05) is 15.9 Å². The molecule has 1 aliphatic rings. The normalized spacial score (nSPS) is 16.0. The molecular weight excluding hydrogens is 451 g/mol. The molecule has 0 radical (unpaired) electrons. The summed E-state index contributed by atoms with van der Waals surface area (Å²) >= 11 is 3.32. The number of carbonyl (C=O) groups is 1. The molecule has 2 heterocycles. The second-order valence-electron chi connectivity index (χ2n) is 5.34. The van der Waals surface area contributed by atoms with Crippen molar-refractivity contribution < 1.29 is 22.2 Å². The molecule has 1 atom stereocenters. The van der Waals surface area contributed by atoms with Crippen LogP contribution in [0.2, 0.25) is 0 Å². The van der Waals surface area contributed by atoms with Crippen LogP contribution in [-0.4, -0.2) is 39.6 Å². The molecule has 140 valence electrons. The van der Waals surface area contributed by atoms with E-state index in [0.29, 0.717) is 10.0 Å². The van der Waals surface area contributed by atoms with Gasteiger partial charge in [0.2, 0.25) is 11.9 Å². The molecule has 27 heavy (non-hydrogen) atoms. The Hall–Kier alpha value is -2.47. The van der Waals surface area contributed by atoms with E-state index >= 15 is 0 Å². The van der Waals surface area contributed by atoms with Gasteiger partial charge in [0.1, 0.15) is 12.3 Å². The molecule has 1 amide bonds. The average molecular weight is 461 g/mol. The largest absolute Gasteiger partial charge is 0.492 e. The summed E-state index contributed by atoms with van der Waals surface area (Å²) < 4.78 is 51.9. The van der Waals surface area contributed by atoms with E-state index in [1.165, 1.54) is 12.1 Å². The quantitative estimate of drug-likeness (QED) is 0.693. The van der Waals surface area contributed by atoms with Gasteiger partial charge in [-0.3, -0.25) is 10.1 Å². The molecule has 0 aliphatic carbocycles. The third-order valence-corrected chi connectivity index (χ3v) is 4.71. The second-order valence-corrected chi connectivity index (χ2v) is 6.89. The Kier molecular flexibility index (Phi) is 5.75. The number of carbonyl (C=O) groups excluding carboxylic acids is 1. The van der Waals surface area contributed by atoms with Crippen LogP contribution in [0.5, 0.6) is 0 Å². The standard InChI is InChI=1S/C15H9BrF3N5O2S/c16-7-1-2-9-10(3-7)12(13(18)19)23-24(14(9)27-26)6-11(25)22-15-20-4-8(17)5-21-15/h1-5,13-14H,6H2/p+1. The van der Waals surface area contributed by atoms with Crippen molar-refractivity contribution in [1.29, 1.82) is 0 Å². The number of fused-ring (bicyclic) bond motifs is 1. The Labute approximate surface area is 163 Å². The molecule has 12 heteroatoms. The summed E-state index contributed by atoms with van der Waals surface area (Å²) in [5.74, 6) is -1.54. The molecule has 1 unspecified atom stereocenters. The molecule has 0 saturated heterocycles. The lowest BCUT2D eigenvalue weighted by molar-refractivity contribution is -0.117. The molecule has 1 aromatic carbocycles. The van der Waals surface area contributed by atoms with Crippen LogP contribution in [0.25, 0.3) is 0 Å². The van der Waals surface area contributed by atoms with Crippen molar-refractivity contribution in [2.45, 2.75) is 11.8 Å². The van der Waals surface area contributed by atoms with Gasteiger partial charge < -0.3 is 0 Å². The Morgan fingerprint density at radius 2 is 2.04 bits per heavy atom. The molecule has 0 bridgehead atoms. The van der Waals surface area contributed by atoms with E-state index in [2.05, 4.69) is 36.3 Å². The SMILES string of the molecule is O=[S+]C1c2ccc(Br)cc2C(C(F)F)=NN1CC(=O)Nc1ncc(F)cn1. The summed E-state index contributed by atoms with van der Waals surface area (Å²) in [5, 5.41) is 6.11. The zero-order valence-electron chi connectivity index (χ0n) is 13.3. The number of nitrogens with zero attached hydrogens (tertiary/aromatic N) is 4. The van der Waals surface area contributed by atoms with Gasteiger partial charge in [0.25, 0.3) is 6.43 Å². The fourth-order valence-electron chi connectivity index (χ4n) is 2.44. The summed E-state index contributed by atoms with van der Waals surface area (Å²) in [4.78, 5) is 19.3. The van der Waals surface area contributed by atoms with Gasteiger partial charge in [-0.15, -0.1) is 0 Å². The van der Waals surface area contributed by atoms with Crippen molar-refractivity contribution in [2.75, 3.05) is 11.9 Å². The first-order valence-corrected chi connectivity index (χ1v) is 8.98. The van der Waals surface area contributed by atoms with Crippen molar-refractivity contribution in [3.05, 3.63) is 52.0 Å². The van der Waals surface area contributed by atoms with Crippen LogP contribution in [0.15, 0.2) is 40.2 Å². The molecular formula is C15H10BrF3N5O2S+. The Morgan fingerprint density at radius 1 is 1.33 bits per heavy atom. The van der Waals surface area contributed by atoms with Crippen molar-refractivity contribution in [3.63, 3.8) is 0 Å². The third-order valence-electron chi connectivity index (χ3n) is 3.54. The van der Waals surface area contributed by atoms with Crippen LogP contribution in [0.4, 0.5) is 19.1 Å². The highest BCUT2D eigenvalue weighted by Gasteiger charge is 2.41. The lowest BCUT2D eigenvalue weighted by Crippen LogP contribution is -2.38.